The Morgan fingerprint density at radius 2 is 0.589 bits per heavy atom. The molecule has 352 valence electrons. The van der Waals surface area contributed by atoms with Crippen LogP contribution in [0.15, 0.2) is 182 Å². The second kappa shape index (κ2) is 17.5. The van der Waals surface area contributed by atoms with Gasteiger partial charge in [0.15, 0.2) is 0 Å². The van der Waals surface area contributed by atoms with Gasteiger partial charge in [-0.25, -0.2) is 0 Å². The average molecular weight is 940 g/mol. The zero-order valence-electron chi connectivity index (χ0n) is 43.2. The third kappa shape index (κ3) is 8.10. The van der Waals surface area contributed by atoms with Crippen LogP contribution in [-0.4, -0.2) is 9.13 Å². The molecule has 73 heavy (non-hydrogen) atoms. The van der Waals surface area contributed by atoms with Gasteiger partial charge in [0, 0.05) is 32.7 Å². The smallest absolute Gasteiger partial charge is 0.0991 e. The Labute approximate surface area is 428 Å². The molecule has 0 bridgehead atoms. The number of nitriles is 1. The minimum absolute atomic E-state index is 0.610. The molecule has 2 aromatic heterocycles. The number of fused-ring (bicyclic) bond motifs is 6. The highest BCUT2D eigenvalue weighted by atomic mass is 15.0. The van der Waals surface area contributed by atoms with E-state index in [-0.39, 0.29) is 0 Å². The van der Waals surface area contributed by atoms with Crippen molar-refractivity contribution < 1.29 is 0 Å². The lowest BCUT2D eigenvalue weighted by Gasteiger charge is -2.20. The summed E-state index contributed by atoms with van der Waals surface area (Å²) >= 11 is 0. The molecule has 0 fully saturated rings. The Morgan fingerprint density at radius 3 is 0.918 bits per heavy atom. The summed E-state index contributed by atoms with van der Waals surface area (Å²) in [7, 11) is 0. The van der Waals surface area contributed by atoms with Gasteiger partial charge in [-0.2, -0.15) is 5.26 Å². The summed E-state index contributed by atoms with van der Waals surface area (Å²) in [5, 5.41) is 15.4. The zero-order chi connectivity index (χ0) is 50.4. The van der Waals surface area contributed by atoms with Crippen LogP contribution >= 0.6 is 0 Å². The van der Waals surface area contributed by atoms with Gasteiger partial charge >= 0.3 is 0 Å². The fourth-order valence-corrected chi connectivity index (χ4v) is 11.9. The molecule has 0 N–H and O–H groups in total. The maximum atomic E-state index is 10.7. The van der Waals surface area contributed by atoms with Crippen molar-refractivity contribution in [2.24, 2.45) is 0 Å². The fourth-order valence-electron chi connectivity index (χ4n) is 11.9. The first-order valence-electron chi connectivity index (χ1n) is 25.4. The van der Waals surface area contributed by atoms with Crippen LogP contribution in [0.3, 0.4) is 0 Å². The Morgan fingerprint density at radius 1 is 0.260 bits per heavy atom. The molecule has 0 radical (unpaired) electrons. The SMILES string of the molecule is Cc1cc(C)cc(-c2ccc3c(c2)c2cc(-c4cc(C)cc(C)c4)ccc2n3-c2ccc(C#N)cc2-c2ccc(C)cc2-n2c3ccc(-c4cc(C)cc(C)c4)cc3c3cc(-c4cc(C)cc(C)c4)ccc32)c1. The van der Waals surface area contributed by atoms with Crippen molar-refractivity contribution >= 4 is 43.6 Å². The summed E-state index contributed by atoms with van der Waals surface area (Å²) in [5.41, 5.74) is 29.9. The molecule has 2 heterocycles. The van der Waals surface area contributed by atoms with E-state index in [4.69, 9.17) is 0 Å². The Balaban J connectivity index is 1.13. The zero-order valence-corrected chi connectivity index (χ0v) is 43.2. The van der Waals surface area contributed by atoms with Crippen LogP contribution < -0.4 is 0 Å². The number of nitrogens with zero attached hydrogens (tertiary/aromatic N) is 3. The molecule has 0 saturated carbocycles. The van der Waals surface area contributed by atoms with Crippen molar-refractivity contribution in [3.8, 4) is 73.1 Å². The minimum Gasteiger partial charge on any atom is -0.309 e. The number of rotatable bonds is 7. The molecule has 0 amide bonds. The predicted octanol–water partition coefficient (Wildman–Crippen LogP) is 18.9. The highest BCUT2D eigenvalue weighted by Gasteiger charge is 2.23. The van der Waals surface area contributed by atoms with Crippen LogP contribution in [-0.2, 0) is 0 Å². The molecular weight excluding hydrogens is 883 g/mol. The average Bonchev–Trinajstić information content (AvgIpc) is 3.86. The van der Waals surface area contributed by atoms with Crippen molar-refractivity contribution in [1.29, 1.82) is 5.26 Å². The maximum absolute atomic E-state index is 10.7. The lowest BCUT2D eigenvalue weighted by molar-refractivity contribution is 1.15. The normalized spacial score (nSPS) is 11.6. The van der Waals surface area contributed by atoms with E-state index in [9.17, 15) is 5.26 Å². The first-order valence-corrected chi connectivity index (χ1v) is 25.4. The molecule has 3 heteroatoms. The molecule has 0 spiro atoms. The van der Waals surface area contributed by atoms with Gasteiger partial charge in [0.1, 0.15) is 0 Å². The lowest BCUT2D eigenvalue weighted by atomic mass is 9.97. The van der Waals surface area contributed by atoms with E-state index < -0.39 is 0 Å². The highest BCUT2D eigenvalue weighted by molar-refractivity contribution is 6.14. The molecular formula is C70H57N3. The van der Waals surface area contributed by atoms with Gasteiger partial charge in [0.25, 0.3) is 0 Å². The fraction of sp³-hybridized carbons (Fsp3) is 0.129. The molecule has 12 aromatic rings. The van der Waals surface area contributed by atoms with Crippen molar-refractivity contribution in [1.82, 2.24) is 9.13 Å². The predicted molar refractivity (Wildman–Crippen MR) is 310 cm³/mol. The van der Waals surface area contributed by atoms with Crippen LogP contribution in [0.1, 0.15) is 55.6 Å². The molecule has 10 aromatic carbocycles. The maximum Gasteiger partial charge on any atom is 0.0991 e. The van der Waals surface area contributed by atoms with Gasteiger partial charge in [-0.15, -0.1) is 0 Å². The Kier molecular flexibility index (Phi) is 10.9. The molecule has 0 saturated heterocycles. The first kappa shape index (κ1) is 45.4. The second-order valence-electron chi connectivity index (χ2n) is 21.0. The van der Waals surface area contributed by atoms with Crippen molar-refractivity contribution in [2.75, 3.05) is 0 Å². The topological polar surface area (TPSA) is 33.6 Å². The Hall–Kier alpha value is -8.71. The van der Waals surface area contributed by atoms with Gasteiger partial charge in [0.05, 0.1) is 45.1 Å². The van der Waals surface area contributed by atoms with Crippen LogP contribution in [0.5, 0.6) is 0 Å². The molecule has 0 aliphatic carbocycles. The summed E-state index contributed by atoms with van der Waals surface area (Å²) in [6.45, 7) is 19.6. The summed E-state index contributed by atoms with van der Waals surface area (Å²) in [6, 6.07) is 70.7. The number of aromatic nitrogens is 2. The number of benzene rings is 10. The second-order valence-corrected chi connectivity index (χ2v) is 21.0. The highest BCUT2D eigenvalue weighted by Crippen LogP contribution is 2.44. The third-order valence-corrected chi connectivity index (χ3v) is 14.8. The van der Waals surface area contributed by atoms with E-state index in [1.54, 1.807) is 0 Å². The summed E-state index contributed by atoms with van der Waals surface area (Å²) in [4.78, 5) is 0. The summed E-state index contributed by atoms with van der Waals surface area (Å²) in [5.74, 6) is 0. The van der Waals surface area contributed by atoms with E-state index in [0.29, 0.717) is 5.56 Å². The molecule has 0 aliphatic heterocycles. The van der Waals surface area contributed by atoms with E-state index in [1.165, 1.54) is 111 Å². The Bertz CT molecular complexity index is 4020. The van der Waals surface area contributed by atoms with Gasteiger partial charge < -0.3 is 9.13 Å². The van der Waals surface area contributed by atoms with Crippen molar-refractivity contribution in [3.05, 3.63) is 238 Å². The number of hydrogen-bond donors (Lipinski definition) is 0. The quantitative estimate of drug-likeness (QED) is 0.157. The summed E-state index contributed by atoms with van der Waals surface area (Å²) in [6.07, 6.45) is 0. The van der Waals surface area contributed by atoms with Gasteiger partial charge in [-0.05, 0) is 185 Å². The minimum atomic E-state index is 0.610. The van der Waals surface area contributed by atoms with E-state index >= 15 is 0 Å². The van der Waals surface area contributed by atoms with Crippen LogP contribution in [0.4, 0.5) is 0 Å². The number of aryl methyl sites for hydroxylation is 9. The largest absolute Gasteiger partial charge is 0.309 e. The standard InChI is InChI=1S/C70H57N3/c1-41-10-16-59(70(34-41)73-68-20-14-53(57-30-46(6)24-47(7)31-57)38-63(68)64-39-54(15-21-69(64)73)58-32-48(8)25-49(9)33-58)60-35-50(40-71)11-17-65(60)72-66-18-12-51(55-26-42(2)22-43(3)27-55)36-61(66)62-37-52(13-19-67(62)72)56-28-44(4)23-45(5)29-56/h10-39H,1-9H3. The first-order chi connectivity index (χ1) is 35.2. The number of hydrogen-bond acceptors (Lipinski definition) is 1. The van der Waals surface area contributed by atoms with Gasteiger partial charge in [-0.1, -0.05) is 154 Å². The molecule has 0 unspecified atom stereocenters. The van der Waals surface area contributed by atoms with E-state index in [0.717, 1.165) is 50.1 Å². The molecule has 3 nitrogen and oxygen atoms in total. The lowest BCUT2D eigenvalue weighted by Crippen LogP contribution is -2.02. The van der Waals surface area contributed by atoms with Gasteiger partial charge in [0.2, 0.25) is 0 Å². The van der Waals surface area contributed by atoms with E-state index in [2.05, 4.69) is 253 Å². The molecule has 0 aliphatic rings. The van der Waals surface area contributed by atoms with Crippen molar-refractivity contribution in [3.63, 3.8) is 0 Å². The van der Waals surface area contributed by atoms with E-state index in [1.807, 2.05) is 6.07 Å². The van der Waals surface area contributed by atoms with Crippen LogP contribution in [0, 0.1) is 73.6 Å². The van der Waals surface area contributed by atoms with Crippen LogP contribution in [0.2, 0.25) is 0 Å². The third-order valence-electron chi connectivity index (χ3n) is 14.8. The molecule has 0 atom stereocenters. The van der Waals surface area contributed by atoms with Crippen molar-refractivity contribution in [2.45, 2.75) is 62.3 Å². The van der Waals surface area contributed by atoms with Gasteiger partial charge in [-0.3, -0.25) is 0 Å². The monoisotopic (exact) mass is 939 g/mol. The molecule has 12 rings (SSSR count). The van der Waals surface area contributed by atoms with Crippen LogP contribution in [0.25, 0.3) is 111 Å². The summed E-state index contributed by atoms with van der Waals surface area (Å²) < 4.78 is 4.89.